The second kappa shape index (κ2) is 16.1. The summed E-state index contributed by atoms with van der Waals surface area (Å²) in [6.45, 7) is 24.5. The highest BCUT2D eigenvalue weighted by atomic mass is 16.6. The van der Waals surface area contributed by atoms with Gasteiger partial charge in [0.05, 0.1) is 13.2 Å². The number of carbonyl (C=O) groups excluding carboxylic acids is 2. The molecule has 8 nitrogen and oxygen atoms in total. The van der Waals surface area contributed by atoms with Gasteiger partial charge in [-0.15, -0.1) is 0 Å². The highest BCUT2D eigenvalue weighted by Crippen LogP contribution is 2.41. The predicted octanol–water partition coefficient (Wildman–Crippen LogP) is 7.44. The summed E-state index contributed by atoms with van der Waals surface area (Å²) in [5.74, 6) is -0.863. The van der Waals surface area contributed by atoms with Gasteiger partial charge < -0.3 is 29.9 Å². The molecule has 0 amide bonds. The van der Waals surface area contributed by atoms with Crippen LogP contribution in [0.5, 0.6) is 11.5 Å². The van der Waals surface area contributed by atoms with Crippen molar-refractivity contribution in [3.63, 3.8) is 0 Å². The molecule has 0 radical (unpaired) electrons. The number of ether oxygens (including phenoxy) is 2. The van der Waals surface area contributed by atoms with Crippen LogP contribution in [0, 0.1) is 0 Å². The van der Waals surface area contributed by atoms with Gasteiger partial charge in [-0.3, -0.25) is 0 Å². The van der Waals surface area contributed by atoms with E-state index in [4.69, 9.17) is 9.47 Å². The molecule has 0 aliphatic rings. The van der Waals surface area contributed by atoms with Gasteiger partial charge in [0.1, 0.15) is 11.5 Å². The minimum atomic E-state index is -1.32. The average Bonchev–Trinajstić information content (AvgIpc) is 2.93. The Morgan fingerprint density at radius 1 is 0.521 bits per heavy atom. The number of rotatable bonds is 13. The van der Waals surface area contributed by atoms with E-state index >= 15 is 0 Å². The number of unbranched alkanes of at least 4 members (excludes halogenated alkanes) is 3. The molecular formula is C40H62O8. The van der Waals surface area contributed by atoms with Gasteiger partial charge in [-0.05, 0) is 80.7 Å². The molecule has 2 unspecified atom stereocenters. The molecule has 0 aromatic heterocycles. The Morgan fingerprint density at radius 3 is 1.00 bits per heavy atom. The van der Waals surface area contributed by atoms with Gasteiger partial charge in [-0.25, -0.2) is 9.59 Å². The second-order valence-electron chi connectivity index (χ2n) is 17.3. The van der Waals surface area contributed by atoms with Crippen molar-refractivity contribution in [2.24, 2.45) is 0 Å². The molecule has 48 heavy (non-hydrogen) atoms. The number of phenols is 2. The molecule has 4 N–H and O–H groups in total. The Morgan fingerprint density at radius 2 is 0.771 bits per heavy atom. The molecule has 0 fully saturated rings. The molecule has 270 valence electrons. The molecular weight excluding hydrogens is 608 g/mol. The number of aliphatic hydroxyl groups excluding tert-OH is 2. The quantitative estimate of drug-likeness (QED) is 0.128. The summed E-state index contributed by atoms with van der Waals surface area (Å²) in [5, 5.41) is 43.0. The van der Waals surface area contributed by atoms with Crippen LogP contribution in [0.4, 0.5) is 0 Å². The van der Waals surface area contributed by atoms with Crippen molar-refractivity contribution in [1.29, 1.82) is 0 Å². The molecule has 2 aromatic rings. The first-order valence-electron chi connectivity index (χ1n) is 17.3. The van der Waals surface area contributed by atoms with Crippen LogP contribution in [0.3, 0.4) is 0 Å². The fourth-order valence-electron chi connectivity index (χ4n) is 5.62. The van der Waals surface area contributed by atoms with Gasteiger partial charge in [0.25, 0.3) is 0 Å². The van der Waals surface area contributed by atoms with Gasteiger partial charge >= 0.3 is 11.9 Å². The van der Waals surface area contributed by atoms with Crippen molar-refractivity contribution in [2.75, 3.05) is 13.2 Å². The summed E-state index contributed by atoms with van der Waals surface area (Å²) in [6, 6.07) is 7.41. The van der Waals surface area contributed by atoms with Gasteiger partial charge in [0.15, 0.2) is 12.2 Å². The number of benzene rings is 2. The van der Waals surface area contributed by atoms with Crippen molar-refractivity contribution in [3.8, 4) is 11.5 Å². The van der Waals surface area contributed by atoms with Gasteiger partial charge in [0.2, 0.25) is 0 Å². The molecule has 0 aliphatic heterocycles. The van der Waals surface area contributed by atoms with Crippen LogP contribution in [-0.4, -0.2) is 57.8 Å². The lowest BCUT2D eigenvalue weighted by molar-refractivity contribution is -0.154. The van der Waals surface area contributed by atoms with Crippen LogP contribution < -0.4 is 0 Å². The molecule has 0 heterocycles. The molecule has 2 rings (SSSR count). The summed E-state index contributed by atoms with van der Waals surface area (Å²) in [7, 11) is 0. The van der Waals surface area contributed by atoms with E-state index in [2.05, 4.69) is 0 Å². The van der Waals surface area contributed by atoms with E-state index in [1.807, 2.05) is 107 Å². The molecule has 0 aliphatic carbocycles. The summed E-state index contributed by atoms with van der Waals surface area (Å²) in [6.07, 6.45) is 0.224. The number of hydrogen-bond donors (Lipinski definition) is 4. The van der Waals surface area contributed by atoms with E-state index in [0.717, 1.165) is 46.2 Å². The molecule has 0 saturated heterocycles. The van der Waals surface area contributed by atoms with E-state index < -0.39 is 24.1 Å². The number of aromatic hydroxyl groups is 2. The number of carbonyl (C=O) groups is 2. The van der Waals surface area contributed by atoms with Crippen molar-refractivity contribution in [2.45, 2.75) is 155 Å². The minimum absolute atomic E-state index is 0.0880. The van der Waals surface area contributed by atoms with E-state index in [1.54, 1.807) is 0 Å². The molecule has 0 bridgehead atoms. The smallest absolute Gasteiger partial charge is 0.335 e. The molecule has 2 atom stereocenters. The summed E-state index contributed by atoms with van der Waals surface area (Å²) >= 11 is 0. The first kappa shape index (κ1) is 41.1. The normalized spacial score (nSPS) is 14.0. The third-order valence-electron chi connectivity index (χ3n) is 8.50. The predicted molar refractivity (Wildman–Crippen MR) is 191 cm³/mol. The Balaban J connectivity index is 1.79. The van der Waals surface area contributed by atoms with Crippen LogP contribution in [0.1, 0.15) is 142 Å². The van der Waals surface area contributed by atoms with E-state index in [0.29, 0.717) is 12.8 Å². The topological polar surface area (TPSA) is 134 Å². The standard InChI is InChI=1S/C40H62O8/c1-37(2,3)27-19-25(20-28(33(27)43)38(4,5)6)23-31(41)35(45)47-17-15-13-14-16-18-48-36(46)32(42)24-26-21-29(39(7,8)9)34(44)30(22-26)40(10,11)12/h19-22,31-32,41-44H,13-18,23-24H2,1-12H3. The Kier molecular flexibility index (Phi) is 13.8. The zero-order valence-electron chi connectivity index (χ0n) is 31.5. The van der Waals surface area contributed by atoms with Crippen molar-refractivity contribution < 1.29 is 39.5 Å². The zero-order valence-corrected chi connectivity index (χ0v) is 31.5. The maximum absolute atomic E-state index is 12.5. The second-order valence-corrected chi connectivity index (χ2v) is 17.3. The Labute approximate surface area is 288 Å². The SMILES string of the molecule is CC(C)(C)c1cc(CC(O)C(=O)OCCCCCCOC(=O)C(O)Cc2cc(C(C)(C)C)c(O)c(C(C)(C)C)c2)cc(C(C)(C)C)c1O. The van der Waals surface area contributed by atoms with Crippen molar-refractivity contribution in [1.82, 2.24) is 0 Å². The summed E-state index contributed by atoms with van der Waals surface area (Å²) in [4.78, 5) is 25.0. The fourth-order valence-corrected chi connectivity index (χ4v) is 5.62. The lowest BCUT2D eigenvalue weighted by Crippen LogP contribution is -2.27. The number of aliphatic hydroxyl groups is 2. The number of hydrogen-bond acceptors (Lipinski definition) is 8. The van der Waals surface area contributed by atoms with Crippen LogP contribution in [0.2, 0.25) is 0 Å². The third kappa shape index (κ3) is 11.8. The van der Waals surface area contributed by atoms with Gasteiger partial charge in [-0.2, -0.15) is 0 Å². The van der Waals surface area contributed by atoms with Crippen LogP contribution in [-0.2, 0) is 53.6 Å². The monoisotopic (exact) mass is 670 g/mol. The third-order valence-corrected chi connectivity index (χ3v) is 8.50. The Hall–Kier alpha value is -3.10. The maximum atomic E-state index is 12.5. The molecule has 0 saturated carbocycles. The molecule has 8 heteroatoms. The molecule has 0 spiro atoms. The highest BCUT2D eigenvalue weighted by Gasteiger charge is 2.29. The van der Waals surface area contributed by atoms with Gasteiger partial charge in [-0.1, -0.05) is 107 Å². The highest BCUT2D eigenvalue weighted by molar-refractivity contribution is 5.75. The first-order chi connectivity index (χ1) is 21.8. The first-order valence-corrected chi connectivity index (χ1v) is 17.3. The summed E-state index contributed by atoms with van der Waals surface area (Å²) in [5.41, 5.74) is 3.35. The maximum Gasteiger partial charge on any atom is 0.335 e. The average molecular weight is 671 g/mol. The van der Waals surface area contributed by atoms with Crippen molar-refractivity contribution >= 4 is 11.9 Å². The molecule has 2 aromatic carbocycles. The minimum Gasteiger partial charge on any atom is -0.507 e. The van der Waals surface area contributed by atoms with Crippen LogP contribution >= 0.6 is 0 Å². The van der Waals surface area contributed by atoms with E-state index in [9.17, 15) is 30.0 Å². The van der Waals surface area contributed by atoms with Gasteiger partial charge in [0, 0.05) is 12.8 Å². The lowest BCUT2D eigenvalue weighted by Gasteiger charge is -2.28. The van der Waals surface area contributed by atoms with E-state index in [1.165, 1.54) is 0 Å². The summed E-state index contributed by atoms with van der Waals surface area (Å²) < 4.78 is 10.6. The van der Waals surface area contributed by atoms with Crippen LogP contribution in [0.25, 0.3) is 0 Å². The number of esters is 2. The fraction of sp³-hybridized carbons (Fsp3) is 0.650. The van der Waals surface area contributed by atoms with Crippen molar-refractivity contribution in [3.05, 3.63) is 57.6 Å². The largest absolute Gasteiger partial charge is 0.507 e. The number of phenolic OH excluding ortho intramolecular Hbond substituents is 2. The van der Waals surface area contributed by atoms with Crippen LogP contribution in [0.15, 0.2) is 24.3 Å². The zero-order chi connectivity index (χ0) is 36.8. The van der Waals surface area contributed by atoms with E-state index in [-0.39, 0.29) is 59.2 Å². The lowest BCUT2D eigenvalue weighted by atomic mass is 9.78. The Bertz CT molecular complexity index is 1220.